The van der Waals surface area contributed by atoms with E-state index in [1.54, 1.807) is 7.05 Å². The number of rotatable bonds is 7. The van der Waals surface area contributed by atoms with Crippen LogP contribution in [0, 0.1) is 0 Å². The molecule has 0 radical (unpaired) electrons. The molecule has 0 aliphatic rings. The van der Waals surface area contributed by atoms with Crippen molar-refractivity contribution in [3.63, 3.8) is 0 Å². The molecule has 0 bridgehead atoms. The van der Waals surface area contributed by atoms with Gasteiger partial charge in [0.15, 0.2) is 0 Å². The first-order chi connectivity index (χ1) is 7.45. The van der Waals surface area contributed by atoms with Gasteiger partial charge in [-0.15, -0.1) is 0 Å². The van der Waals surface area contributed by atoms with Gasteiger partial charge >= 0.3 is 5.97 Å². The van der Waals surface area contributed by atoms with Crippen LogP contribution in [0.2, 0.25) is 0 Å². The molecule has 0 aromatic rings. The summed E-state index contributed by atoms with van der Waals surface area (Å²) in [6.07, 6.45) is 0. The van der Waals surface area contributed by atoms with Crippen LogP contribution in [0.5, 0.6) is 0 Å². The van der Waals surface area contributed by atoms with Crippen LogP contribution in [0.4, 0.5) is 0 Å². The highest BCUT2D eigenvalue weighted by Gasteiger charge is 2.05. The lowest BCUT2D eigenvalue weighted by Gasteiger charge is -2.13. The van der Waals surface area contributed by atoms with Crippen LogP contribution in [0.1, 0.15) is 0 Å². The molecule has 0 aliphatic heterocycles. The Kier molecular flexibility index (Phi) is 20.5. The molecule has 0 heterocycles. The monoisotopic (exact) mass is 296 g/mol. The summed E-state index contributed by atoms with van der Waals surface area (Å²) in [7, 11) is 1.55. The van der Waals surface area contributed by atoms with Crippen LogP contribution in [0.15, 0.2) is 0 Å². The molecule has 6 N–H and O–H groups in total. The summed E-state index contributed by atoms with van der Waals surface area (Å²) < 4.78 is 0. The summed E-state index contributed by atoms with van der Waals surface area (Å²) in [4.78, 5) is 17.6. The van der Waals surface area contributed by atoms with Crippen molar-refractivity contribution in [3.05, 3.63) is 0 Å². The first-order valence-electron chi connectivity index (χ1n) is 4.18. The van der Waals surface area contributed by atoms with Gasteiger partial charge in [-0.2, -0.15) is 0 Å². The van der Waals surface area contributed by atoms with Crippen LogP contribution in [-0.2, 0) is 14.5 Å². The molecule has 0 atom stereocenters. The van der Waals surface area contributed by atoms with Crippen LogP contribution in [0.3, 0.4) is 0 Å². The third kappa shape index (κ3) is 21.6. The number of aliphatic hydroxyl groups is 2. The highest BCUT2D eigenvalue weighted by Crippen LogP contribution is 1.98. The zero-order chi connectivity index (χ0) is 13.0. The van der Waals surface area contributed by atoms with Crippen molar-refractivity contribution in [2.24, 2.45) is 0 Å². The molecule has 0 unspecified atom stereocenters. The van der Waals surface area contributed by atoms with Gasteiger partial charge < -0.3 is 21.5 Å². The van der Waals surface area contributed by atoms with Crippen LogP contribution in [0.25, 0.3) is 0 Å². The third-order valence-electron chi connectivity index (χ3n) is 0.915. The highest BCUT2D eigenvalue weighted by molar-refractivity contribution is 6.52. The number of aliphatic carboxylic acids is 1. The zero-order valence-corrected chi connectivity index (χ0v) is 10.9. The molecular formula is C7H18Cl2N2O6. The van der Waals surface area contributed by atoms with Gasteiger partial charge in [0.05, 0.1) is 26.4 Å². The Morgan fingerprint density at radius 3 is 1.71 bits per heavy atom. The number of hydrogen-bond acceptors (Lipinski definition) is 7. The molecule has 0 amide bonds. The predicted octanol–water partition coefficient (Wildman–Crippen LogP) is -0.197. The van der Waals surface area contributed by atoms with Gasteiger partial charge in [-0.1, -0.05) is 28.4 Å². The molecule has 0 rings (SSSR count). The summed E-state index contributed by atoms with van der Waals surface area (Å²) in [5.41, 5.74) is 0. The number of hydrogen-bond donors (Lipinski definition) is 4. The Morgan fingerprint density at radius 2 is 1.53 bits per heavy atom. The molecular weight excluding hydrogens is 279 g/mol. The summed E-state index contributed by atoms with van der Waals surface area (Å²) in [6.45, 7) is 0.295. The topological polar surface area (TPSA) is 134 Å². The van der Waals surface area contributed by atoms with Crippen molar-refractivity contribution < 1.29 is 29.8 Å². The zero-order valence-electron chi connectivity index (χ0n) is 9.38. The lowest BCUT2D eigenvalue weighted by atomic mass is 10.8. The maximum atomic E-state index is 9.44. The van der Waals surface area contributed by atoms with Gasteiger partial charge in [0.25, 0.3) is 0 Å². The van der Waals surface area contributed by atoms with Crippen LogP contribution >= 0.6 is 23.2 Å². The van der Waals surface area contributed by atoms with Crippen molar-refractivity contribution >= 4 is 29.2 Å². The van der Waals surface area contributed by atoms with E-state index >= 15 is 0 Å². The second kappa shape index (κ2) is 15.8. The minimum atomic E-state index is -1.29. The van der Waals surface area contributed by atoms with Crippen molar-refractivity contribution in [2.45, 2.75) is 4.84 Å². The van der Waals surface area contributed by atoms with Gasteiger partial charge in [-0.25, -0.2) is 4.79 Å². The maximum Gasteiger partial charge on any atom is 0.337 e. The number of hydroxylamine groups is 2. The van der Waals surface area contributed by atoms with Crippen molar-refractivity contribution in [2.75, 3.05) is 33.5 Å². The summed E-state index contributed by atoms with van der Waals surface area (Å²) in [5.74, 6) is -1.21. The fourth-order valence-corrected chi connectivity index (χ4v) is 0.376. The summed E-state index contributed by atoms with van der Waals surface area (Å²) in [5, 5.41) is 25.4. The van der Waals surface area contributed by atoms with E-state index in [1.807, 2.05) is 0 Å². The average Bonchev–Trinajstić information content (AvgIpc) is 2.24. The van der Waals surface area contributed by atoms with E-state index in [9.17, 15) is 4.79 Å². The molecule has 0 fully saturated rings. The fourth-order valence-electron chi connectivity index (χ4n) is 0.376. The molecule has 0 spiro atoms. The molecule has 8 nitrogen and oxygen atoms in total. The first-order valence-corrected chi connectivity index (χ1v) is 5.05. The summed E-state index contributed by atoms with van der Waals surface area (Å²) >= 11 is 9.56. The average molecular weight is 297 g/mol. The Balaban J connectivity index is -0.000000244. The standard InChI is InChI=1S/C5H13NO4.C2H2Cl2O2.H3N/c1-6(9-4-2-7)10-5-3-8;3-1(4)2(5)6;/h7-8H,2-5H2,1H3;1H,(H,5,6);1H3. The molecule has 17 heavy (non-hydrogen) atoms. The molecule has 0 aromatic carbocycles. The van der Waals surface area contributed by atoms with Gasteiger partial charge in [0.1, 0.15) is 0 Å². The van der Waals surface area contributed by atoms with E-state index in [4.69, 9.17) is 48.2 Å². The minimum Gasteiger partial charge on any atom is -0.479 e. The number of nitrogens with zero attached hydrogens (tertiary/aromatic N) is 1. The molecule has 0 saturated heterocycles. The fraction of sp³-hybridized carbons (Fsp3) is 0.857. The maximum absolute atomic E-state index is 9.44. The van der Waals surface area contributed by atoms with Crippen molar-refractivity contribution in [1.82, 2.24) is 11.4 Å². The summed E-state index contributed by atoms with van der Waals surface area (Å²) in [6, 6.07) is 0. The molecule has 106 valence electrons. The third-order valence-corrected chi connectivity index (χ3v) is 1.29. The molecule has 10 heteroatoms. The molecule has 0 aromatic heterocycles. The van der Waals surface area contributed by atoms with Crippen molar-refractivity contribution in [3.8, 4) is 0 Å². The van der Waals surface area contributed by atoms with E-state index in [1.165, 1.54) is 0 Å². The predicted molar refractivity (Wildman–Crippen MR) is 62.0 cm³/mol. The number of halogens is 2. The number of alkyl halides is 2. The van der Waals surface area contributed by atoms with Crippen molar-refractivity contribution in [1.29, 1.82) is 0 Å². The molecule has 0 aliphatic carbocycles. The Morgan fingerprint density at radius 1 is 1.24 bits per heavy atom. The lowest BCUT2D eigenvalue weighted by molar-refractivity contribution is -0.356. The second-order valence-electron chi connectivity index (χ2n) is 2.19. The largest absolute Gasteiger partial charge is 0.479 e. The highest BCUT2D eigenvalue weighted by atomic mass is 35.5. The first kappa shape index (κ1) is 22.0. The van der Waals surface area contributed by atoms with Gasteiger partial charge in [-0.3, -0.25) is 9.68 Å². The van der Waals surface area contributed by atoms with E-state index in [-0.39, 0.29) is 32.6 Å². The normalized spacial score (nSPS) is 9.59. The van der Waals surface area contributed by atoms with E-state index in [2.05, 4.69) is 0 Å². The minimum absolute atomic E-state index is 0. The van der Waals surface area contributed by atoms with E-state index in [0.717, 1.165) is 5.23 Å². The SMILES string of the molecule is CN(OCCO)OCCO.N.O=C(O)C(Cl)Cl. The Hall–Kier alpha value is -0.190. The second-order valence-corrected chi connectivity index (χ2v) is 3.29. The number of aliphatic hydroxyl groups excluding tert-OH is 2. The quantitative estimate of drug-likeness (QED) is 0.375. The van der Waals surface area contributed by atoms with E-state index < -0.39 is 10.8 Å². The number of carboxylic acid groups (broad SMARTS) is 1. The Labute approximate surface area is 109 Å². The van der Waals surface area contributed by atoms with Crippen LogP contribution in [-0.4, -0.2) is 64.8 Å². The number of carbonyl (C=O) groups is 1. The lowest BCUT2D eigenvalue weighted by Crippen LogP contribution is -2.22. The molecule has 0 saturated carbocycles. The van der Waals surface area contributed by atoms with Gasteiger partial charge in [0, 0.05) is 7.05 Å². The van der Waals surface area contributed by atoms with E-state index in [0.29, 0.717) is 0 Å². The van der Waals surface area contributed by atoms with Gasteiger partial charge in [-0.05, 0) is 0 Å². The smallest absolute Gasteiger partial charge is 0.337 e. The number of carboxylic acids is 1. The van der Waals surface area contributed by atoms with Crippen LogP contribution < -0.4 is 6.15 Å². The Bertz CT molecular complexity index is 166. The van der Waals surface area contributed by atoms with Gasteiger partial charge in [0.2, 0.25) is 4.84 Å².